The zero-order chi connectivity index (χ0) is 12.6. The molecule has 2 N–H and O–H groups in total. The lowest BCUT2D eigenvalue weighted by Crippen LogP contribution is -2.29. The second-order valence-electron chi connectivity index (χ2n) is 5.34. The van der Waals surface area contributed by atoms with Crippen LogP contribution in [-0.4, -0.2) is 14.6 Å². The first-order valence-electron chi connectivity index (χ1n) is 6.86. The zero-order valence-electron chi connectivity index (χ0n) is 10.9. The molecule has 0 spiro atoms. The molecule has 0 bridgehead atoms. The molecule has 0 atom stereocenters. The number of fused-ring (bicyclic) bond motifs is 1. The minimum atomic E-state index is 0.193. The minimum absolute atomic E-state index is 0.193. The Labute approximate surface area is 107 Å². The summed E-state index contributed by atoms with van der Waals surface area (Å²) in [7, 11) is 0. The van der Waals surface area contributed by atoms with E-state index in [4.69, 9.17) is 5.73 Å². The third-order valence-corrected chi connectivity index (χ3v) is 4.44. The van der Waals surface area contributed by atoms with Gasteiger partial charge in [0.05, 0.1) is 0 Å². The van der Waals surface area contributed by atoms with E-state index < -0.39 is 0 Å². The van der Waals surface area contributed by atoms with E-state index in [9.17, 15) is 0 Å². The van der Waals surface area contributed by atoms with Gasteiger partial charge in [0.25, 0.3) is 0 Å². The Morgan fingerprint density at radius 2 is 2.11 bits per heavy atom. The maximum atomic E-state index is 6.17. The van der Waals surface area contributed by atoms with Crippen molar-refractivity contribution in [2.75, 3.05) is 5.73 Å². The van der Waals surface area contributed by atoms with Crippen LogP contribution in [0.2, 0.25) is 0 Å². The van der Waals surface area contributed by atoms with Crippen LogP contribution >= 0.6 is 0 Å². The van der Waals surface area contributed by atoms with E-state index in [2.05, 4.69) is 17.0 Å². The fourth-order valence-corrected chi connectivity index (χ4v) is 3.42. The van der Waals surface area contributed by atoms with Crippen LogP contribution < -0.4 is 5.73 Å². The summed E-state index contributed by atoms with van der Waals surface area (Å²) in [5.74, 6) is 0.664. The van der Waals surface area contributed by atoms with Gasteiger partial charge in [-0.15, -0.1) is 5.10 Å². The molecule has 0 amide bonds. The largest absolute Gasteiger partial charge is 0.382 e. The topological polar surface area (TPSA) is 56.2 Å². The summed E-state index contributed by atoms with van der Waals surface area (Å²) < 4.78 is 1.82. The smallest absolute Gasteiger partial charge is 0.160 e. The molecule has 1 fully saturated rings. The summed E-state index contributed by atoms with van der Waals surface area (Å²) >= 11 is 0. The fourth-order valence-electron chi connectivity index (χ4n) is 3.42. The molecule has 2 aromatic rings. The van der Waals surface area contributed by atoms with Crippen molar-refractivity contribution >= 4 is 11.5 Å². The molecule has 1 aliphatic rings. The van der Waals surface area contributed by atoms with Gasteiger partial charge < -0.3 is 5.73 Å². The molecule has 0 saturated heterocycles. The first-order valence-corrected chi connectivity index (χ1v) is 6.86. The summed E-state index contributed by atoms with van der Waals surface area (Å²) in [6.45, 7) is 2.26. The average Bonchev–Trinajstić information content (AvgIpc) is 2.76. The van der Waals surface area contributed by atoms with E-state index in [-0.39, 0.29) is 5.41 Å². The van der Waals surface area contributed by atoms with Crippen LogP contribution in [0.4, 0.5) is 5.82 Å². The number of aromatic nitrogens is 3. The van der Waals surface area contributed by atoms with Gasteiger partial charge in [0.2, 0.25) is 0 Å². The number of hydrogen-bond acceptors (Lipinski definition) is 3. The number of rotatable bonds is 2. The van der Waals surface area contributed by atoms with Gasteiger partial charge in [-0.1, -0.05) is 26.2 Å². The Morgan fingerprint density at radius 3 is 2.83 bits per heavy atom. The molecule has 4 heteroatoms. The Balaban J connectivity index is 2.19. The van der Waals surface area contributed by atoms with E-state index in [1.165, 1.54) is 37.7 Å². The average molecular weight is 244 g/mol. The molecule has 1 saturated carbocycles. The van der Waals surface area contributed by atoms with Crippen LogP contribution in [0.25, 0.3) is 5.65 Å². The molecule has 96 valence electrons. The lowest BCUT2D eigenvalue weighted by Gasteiger charge is -2.36. The van der Waals surface area contributed by atoms with Gasteiger partial charge in [0, 0.05) is 23.4 Å². The molecule has 1 aliphatic carbocycles. The van der Waals surface area contributed by atoms with Gasteiger partial charge in [-0.3, -0.25) is 0 Å². The van der Waals surface area contributed by atoms with Crippen molar-refractivity contribution in [3.8, 4) is 0 Å². The number of nitrogens with two attached hydrogens (primary N) is 1. The Morgan fingerprint density at radius 1 is 1.33 bits per heavy atom. The summed E-state index contributed by atoms with van der Waals surface area (Å²) in [6, 6.07) is 1.89. The summed E-state index contributed by atoms with van der Waals surface area (Å²) in [5, 5.41) is 4.41. The Bertz CT molecular complexity index is 552. The maximum Gasteiger partial charge on any atom is 0.160 e. The molecule has 0 unspecified atom stereocenters. The highest BCUT2D eigenvalue weighted by Crippen LogP contribution is 2.45. The standard InChI is InChI=1S/C14H20N4/c1-2-14(7-4-3-5-8-14)11-12(15)17-18-10-6-9-16-13(11)18/h6,9-10H,2-5,7-8H2,1H3,(H2,15,17). The van der Waals surface area contributed by atoms with Crippen molar-refractivity contribution in [2.45, 2.75) is 50.9 Å². The van der Waals surface area contributed by atoms with E-state index in [1.807, 2.05) is 23.0 Å². The lowest BCUT2D eigenvalue weighted by molar-refractivity contribution is 0.286. The quantitative estimate of drug-likeness (QED) is 0.883. The van der Waals surface area contributed by atoms with Gasteiger partial charge in [0.15, 0.2) is 11.5 Å². The molecule has 0 radical (unpaired) electrons. The highest BCUT2D eigenvalue weighted by atomic mass is 15.3. The van der Waals surface area contributed by atoms with Gasteiger partial charge in [0.1, 0.15) is 0 Å². The Hall–Kier alpha value is -1.58. The van der Waals surface area contributed by atoms with Crippen molar-refractivity contribution in [2.24, 2.45) is 0 Å². The first-order chi connectivity index (χ1) is 8.77. The summed E-state index contributed by atoms with van der Waals surface area (Å²) in [4.78, 5) is 4.49. The molecular weight excluding hydrogens is 224 g/mol. The van der Waals surface area contributed by atoms with Crippen molar-refractivity contribution in [1.82, 2.24) is 14.6 Å². The number of nitrogens with zero attached hydrogens (tertiary/aromatic N) is 3. The van der Waals surface area contributed by atoms with Crippen molar-refractivity contribution in [3.05, 3.63) is 24.0 Å². The van der Waals surface area contributed by atoms with Gasteiger partial charge in [-0.2, -0.15) is 0 Å². The molecule has 2 heterocycles. The third-order valence-electron chi connectivity index (χ3n) is 4.44. The molecule has 0 aromatic carbocycles. The zero-order valence-corrected chi connectivity index (χ0v) is 10.9. The fraction of sp³-hybridized carbons (Fsp3) is 0.571. The third kappa shape index (κ3) is 1.59. The van der Waals surface area contributed by atoms with Crippen LogP contribution in [0.1, 0.15) is 51.0 Å². The highest BCUT2D eigenvalue weighted by molar-refractivity contribution is 5.62. The number of hydrogen-bond donors (Lipinski definition) is 1. The minimum Gasteiger partial charge on any atom is -0.382 e. The first kappa shape index (κ1) is 11.5. The lowest BCUT2D eigenvalue weighted by atomic mass is 9.68. The van der Waals surface area contributed by atoms with Crippen molar-refractivity contribution < 1.29 is 0 Å². The monoisotopic (exact) mass is 244 g/mol. The predicted molar refractivity (Wildman–Crippen MR) is 72.5 cm³/mol. The highest BCUT2D eigenvalue weighted by Gasteiger charge is 2.37. The SMILES string of the molecule is CCC1(c2c(N)nn3cccnc23)CCCCC1. The number of nitrogen functional groups attached to an aromatic ring is 1. The van der Waals surface area contributed by atoms with Crippen LogP contribution in [-0.2, 0) is 5.41 Å². The van der Waals surface area contributed by atoms with Crippen molar-refractivity contribution in [3.63, 3.8) is 0 Å². The molecule has 4 nitrogen and oxygen atoms in total. The van der Waals surface area contributed by atoms with Crippen LogP contribution in [0.3, 0.4) is 0 Å². The van der Waals surface area contributed by atoms with Crippen LogP contribution in [0.15, 0.2) is 18.5 Å². The number of anilines is 1. The molecular formula is C14H20N4. The molecule has 3 rings (SSSR count). The van der Waals surface area contributed by atoms with E-state index in [1.54, 1.807) is 0 Å². The second kappa shape index (κ2) is 4.26. The van der Waals surface area contributed by atoms with E-state index in [0.29, 0.717) is 5.82 Å². The second-order valence-corrected chi connectivity index (χ2v) is 5.34. The van der Waals surface area contributed by atoms with Crippen LogP contribution in [0.5, 0.6) is 0 Å². The normalized spacial score (nSPS) is 19.2. The molecule has 2 aromatic heterocycles. The summed E-state index contributed by atoms with van der Waals surface area (Å²) in [6.07, 6.45) is 11.2. The van der Waals surface area contributed by atoms with E-state index >= 15 is 0 Å². The predicted octanol–water partition coefficient (Wildman–Crippen LogP) is 2.92. The van der Waals surface area contributed by atoms with E-state index in [0.717, 1.165) is 12.1 Å². The molecule has 0 aliphatic heterocycles. The van der Waals surface area contributed by atoms with Gasteiger partial charge in [-0.05, 0) is 25.3 Å². The molecule has 18 heavy (non-hydrogen) atoms. The van der Waals surface area contributed by atoms with Gasteiger partial charge in [-0.25, -0.2) is 9.50 Å². The maximum absolute atomic E-state index is 6.17. The Kier molecular flexibility index (Phi) is 2.73. The van der Waals surface area contributed by atoms with Gasteiger partial charge >= 0.3 is 0 Å². The summed E-state index contributed by atoms with van der Waals surface area (Å²) in [5.41, 5.74) is 8.49. The van der Waals surface area contributed by atoms with Crippen LogP contribution in [0, 0.1) is 0 Å². The van der Waals surface area contributed by atoms with Crippen molar-refractivity contribution in [1.29, 1.82) is 0 Å².